The zero-order valence-electron chi connectivity index (χ0n) is 10.9. The summed E-state index contributed by atoms with van der Waals surface area (Å²) >= 11 is 0. The Morgan fingerprint density at radius 1 is 1.26 bits per heavy atom. The van der Waals surface area contributed by atoms with E-state index in [-0.39, 0.29) is 19.1 Å². The highest BCUT2D eigenvalue weighted by atomic mass is 16.5. The monoisotopic (exact) mass is 265 g/mol. The number of carbonyl (C=O) groups is 2. The number of rotatable bonds is 8. The predicted octanol–water partition coefficient (Wildman–Crippen LogP) is 0.350. The van der Waals surface area contributed by atoms with Crippen molar-refractivity contribution in [1.29, 1.82) is 0 Å². The van der Waals surface area contributed by atoms with Crippen molar-refractivity contribution in [2.24, 2.45) is 5.73 Å². The molecule has 0 atom stereocenters. The average molecular weight is 265 g/mol. The van der Waals surface area contributed by atoms with Crippen LogP contribution in [0.25, 0.3) is 0 Å². The van der Waals surface area contributed by atoms with Gasteiger partial charge in [0.25, 0.3) is 5.91 Å². The Balaban J connectivity index is 2.30. The van der Waals surface area contributed by atoms with Gasteiger partial charge in [-0.15, -0.1) is 0 Å². The summed E-state index contributed by atoms with van der Waals surface area (Å²) in [5.74, 6) is -0.698. The molecule has 0 saturated heterocycles. The molecule has 4 N–H and O–H groups in total. The van der Waals surface area contributed by atoms with Gasteiger partial charge >= 0.3 is 0 Å². The van der Waals surface area contributed by atoms with Gasteiger partial charge in [-0.2, -0.15) is 0 Å². The van der Waals surface area contributed by atoms with E-state index in [4.69, 9.17) is 10.5 Å². The number of hydrogen-bond acceptors (Lipinski definition) is 4. The number of benzene rings is 1. The fourth-order valence-corrected chi connectivity index (χ4v) is 1.46. The van der Waals surface area contributed by atoms with Crippen molar-refractivity contribution in [2.45, 2.75) is 6.92 Å². The fraction of sp³-hybridized carbons (Fsp3) is 0.385. The van der Waals surface area contributed by atoms with E-state index in [2.05, 4.69) is 10.6 Å². The number of anilines is 1. The van der Waals surface area contributed by atoms with Crippen LogP contribution in [0.4, 0.5) is 5.69 Å². The lowest BCUT2D eigenvalue weighted by Crippen LogP contribution is -2.28. The molecule has 19 heavy (non-hydrogen) atoms. The lowest BCUT2D eigenvalue weighted by atomic mass is 10.2. The van der Waals surface area contributed by atoms with Gasteiger partial charge in [0.1, 0.15) is 6.61 Å². The largest absolute Gasteiger partial charge is 0.385 e. The van der Waals surface area contributed by atoms with Gasteiger partial charge in [-0.3, -0.25) is 9.59 Å². The van der Waals surface area contributed by atoms with Crippen molar-refractivity contribution in [1.82, 2.24) is 5.32 Å². The van der Waals surface area contributed by atoms with Crippen LogP contribution in [0.15, 0.2) is 24.3 Å². The Bertz CT molecular complexity index is 418. The molecule has 1 aromatic rings. The highest BCUT2D eigenvalue weighted by molar-refractivity contribution is 5.94. The molecule has 1 aromatic carbocycles. The fourth-order valence-electron chi connectivity index (χ4n) is 1.46. The third-order valence-electron chi connectivity index (χ3n) is 2.30. The minimum absolute atomic E-state index is 0.132. The number of hydrogen-bond donors (Lipinski definition) is 3. The maximum atomic E-state index is 11.7. The van der Waals surface area contributed by atoms with Crippen molar-refractivity contribution in [3.63, 3.8) is 0 Å². The van der Waals surface area contributed by atoms with Gasteiger partial charge < -0.3 is 21.1 Å². The quantitative estimate of drug-likeness (QED) is 0.591. The molecule has 0 saturated carbocycles. The molecule has 2 amide bonds. The van der Waals surface area contributed by atoms with Gasteiger partial charge in [0.05, 0.1) is 6.61 Å². The second-order valence-corrected chi connectivity index (χ2v) is 3.88. The Morgan fingerprint density at radius 2 is 1.95 bits per heavy atom. The van der Waals surface area contributed by atoms with E-state index in [1.54, 1.807) is 12.1 Å². The number of amides is 2. The molecule has 6 nitrogen and oxygen atoms in total. The molecular formula is C13H19N3O3. The van der Waals surface area contributed by atoms with E-state index >= 15 is 0 Å². The maximum absolute atomic E-state index is 11.7. The van der Waals surface area contributed by atoms with Crippen LogP contribution in [-0.4, -0.2) is 38.1 Å². The second-order valence-electron chi connectivity index (χ2n) is 3.88. The molecule has 104 valence electrons. The Hall–Kier alpha value is -2.08. The second kappa shape index (κ2) is 8.10. The first-order valence-corrected chi connectivity index (χ1v) is 6.11. The van der Waals surface area contributed by atoms with Gasteiger partial charge in [0, 0.05) is 24.3 Å². The summed E-state index contributed by atoms with van der Waals surface area (Å²) in [7, 11) is 0. The first-order valence-electron chi connectivity index (χ1n) is 6.11. The lowest BCUT2D eigenvalue weighted by molar-refractivity contribution is -0.122. The minimum Gasteiger partial charge on any atom is -0.385 e. The van der Waals surface area contributed by atoms with Crippen LogP contribution in [0.1, 0.15) is 17.3 Å². The summed E-state index contributed by atoms with van der Waals surface area (Å²) in [6.45, 7) is 3.30. The lowest BCUT2D eigenvalue weighted by Gasteiger charge is -2.07. The highest BCUT2D eigenvalue weighted by Crippen LogP contribution is 2.08. The number of nitrogens with one attached hydrogen (secondary N) is 2. The molecule has 0 unspecified atom stereocenters. The van der Waals surface area contributed by atoms with Crippen molar-refractivity contribution in [2.75, 3.05) is 31.6 Å². The molecule has 1 rings (SSSR count). The minimum atomic E-state index is -0.523. The van der Waals surface area contributed by atoms with Gasteiger partial charge in [-0.05, 0) is 31.2 Å². The summed E-state index contributed by atoms with van der Waals surface area (Å²) in [6, 6.07) is 7.19. The van der Waals surface area contributed by atoms with E-state index in [1.165, 1.54) is 0 Å². The molecule has 0 radical (unpaired) electrons. The molecule has 0 aromatic heterocycles. The molecule has 0 spiro atoms. The van der Waals surface area contributed by atoms with Gasteiger partial charge in [0.15, 0.2) is 0 Å². The number of primary amides is 1. The van der Waals surface area contributed by atoms with Crippen molar-refractivity contribution in [3.05, 3.63) is 29.8 Å². The number of ether oxygens (including phenoxy) is 1. The third kappa shape index (κ3) is 5.87. The molecule has 0 bridgehead atoms. The third-order valence-corrected chi connectivity index (χ3v) is 2.30. The predicted molar refractivity (Wildman–Crippen MR) is 73.0 cm³/mol. The molecular weight excluding hydrogens is 246 g/mol. The Kier molecular flexibility index (Phi) is 6.38. The van der Waals surface area contributed by atoms with E-state index in [0.29, 0.717) is 12.1 Å². The first-order chi connectivity index (χ1) is 9.13. The Morgan fingerprint density at radius 3 is 2.53 bits per heavy atom. The van der Waals surface area contributed by atoms with Crippen LogP contribution in [0.2, 0.25) is 0 Å². The summed E-state index contributed by atoms with van der Waals surface area (Å²) in [4.78, 5) is 22.1. The van der Waals surface area contributed by atoms with E-state index < -0.39 is 5.91 Å². The van der Waals surface area contributed by atoms with E-state index in [1.807, 2.05) is 19.1 Å². The van der Waals surface area contributed by atoms with E-state index in [0.717, 1.165) is 12.2 Å². The number of nitrogens with two attached hydrogens (primary N) is 1. The molecule has 6 heteroatoms. The van der Waals surface area contributed by atoms with Crippen molar-refractivity contribution < 1.29 is 14.3 Å². The van der Waals surface area contributed by atoms with Crippen LogP contribution >= 0.6 is 0 Å². The zero-order valence-corrected chi connectivity index (χ0v) is 10.9. The SMILES string of the molecule is CCNc1ccc(C(=O)NCCOCC(N)=O)cc1. The van der Waals surface area contributed by atoms with Crippen LogP contribution in [0.5, 0.6) is 0 Å². The first kappa shape index (κ1) is 15.0. The topological polar surface area (TPSA) is 93.4 Å². The van der Waals surface area contributed by atoms with Gasteiger partial charge in [-0.1, -0.05) is 0 Å². The standard InChI is InChI=1S/C13H19N3O3/c1-2-15-11-5-3-10(4-6-11)13(18)16-7-8-19-9-12(14)17/h3-6,15H,2,7-9H2,1H3,(H2,14,17)(H,16,18). The molecule has 0 aliphatic heterocycles. The highest BCUT2D eigenvalue weighted by Gasteiger charge is 2.04. The number of carbonyl (C=O) groups excluding carboxylic acids is 2. The molecule has 0 fully saturated rings. The average Bonchev–Trinajstić information content (AvgIpc) is 2.39. The summed E-state index contributed by atoms with van der Waals surface area (Å²) < 4.78 is 4.93. The molecule has 0 aliphatic carbocycles. The van der Waals surface area contributed by atoms with Crippen LogP contribution in [0, 0.1) is 0 Å². The van der Waals surface area contributed by atoms with E-state index in [9.17, 15) is 9.59 Å². The Labute approximate surface area is 112 Å². The normalized spacial score (nSPS) is 9.95. The van der Waals surface area contributed by atoms with Gasteiger partial charge in [-0.25, -0.2) is 0 Å². The van der Waals surface area contributed by atoms with Crippen molar-refractivity contribution in [3.8, 4) is 0 Å². The summed E-state index contributed by atoms with van der Waals surface area (Å²) in [5.41, 5.74) is 6.46. The van der Waals surface area contributed by atoms with Crippen LogP contribution in [0.3, 0.4) is 0 Å². The molecule has 0 heterocycles. The van der Waals surface area contributed by atoms with Crippen molar-refractivity contribution >= 4 is 17.5 Å². The smallest absolute Gasteiger partial charge is 0.251 e. The van der Waals surface area contributed by atoms with Gasteiger partial charge in [0.2, 0.25) is 5.91 Å². The van der Waals surface area contributed by atoms with Crippen LogP contribution < -0.4 is 16.4 Å². The maximum Gasteiger partial charge on any atom is 0.251 e. The van der Waals surface area contributed by atoms with Crippen LogP contribution in [-0.2, 0) is 9.53 Å². The summed E-state index contributed by atoms with van der Waals surface area (Å²) in [6.07, 6.45) is 0. The molecule has 0 aliphatic rings. The summed E-state index contributed by atoms with van der Waals surface area (Å²) in [5, 5.41) is 5.84. The zero-order chi connectivity index (χ0) is 14.1.